The molecule has 1 amide bonds. The minimum Gasteiger partial charge on any atom is -0.324 e. The van der Waals surface area contributed by atoms with Crippen LogP contribution in [-0.2, 0) is 27.8 Å². The topological polar surface area (TPSA) is 105 Å². The number of amides is 1. The lowest BCUT2D eigenvalue weighted by molar-refractivity contribution is -0.117. The molecule has 2 aromatic carbocycles. The number of fused-ring (bicyclic) bond motifs is 1. The molecule has 0 spiro atoms. The molecular formula is C22H30N4O3S. The summed E-state index contributed by atoms with van der Waals surface area (Å²) in [5.74, 6) is -0.292. The van der Waals surface area contributed by atoms with Gasteiger partial charge in [-0.1, -0.05) is 36.4 Å². The first-order valence-electron chi connectivity index (χ1n) is 10.1. The standard InChI is InChI=1S/C22H30N4O3S/c1-22(2,3)25-30(28,29)26-14-8-11-17-19(12-7-13-20(17)26)24-21(27)18(23)15-16-9-5-4-6-10-16/h4-7,9-10,12-13,18,25H,8,11,14-15,23H2,1-3H3,(H,24,27). The minimum atomic E-state index is -3.71. The van der Waals surface area contributed by atoms with Crippen molar-refractivity contribution in [2.75, 3.05) is 16.2 Å². The van der Waals surface area contributed by atoms with E-state index >= 15 is 0 Å². The van der Waals surface area contributed by atoms with Gasteiger partial charge in [0, 0.05) is 23.3 Å². The molecule has 0 saturated carbocycles. The van der Waals surface area contributed by atoms with Crippen molar-refractivity contribution in [1.82, 2.24) is 4.72 Å². The molecule has 0 saturated heterocycles. The predicted molar refractivity (Wildman–Crippen MR) is 121 cm³/mol. The van der Waals surface area contributed by atoms with E-state index < -0.39 is 21.8 Å². The van der Waals surface area contributed by atoms with Gasteiger partial charge in [0.25, 0.3) is 0 Å². The van der Waals surface area contributed by atoms with Gasteiger partial charge < -0.3 is 11.1 Å². The number of anilines is 2. The Morgan fingerprint density at radius 3 is 2.50 bits per heavy atom. The Bertz CT molecular complexity index is 1000. The molecule has 0 bridgehead atoms. The molecule has 0 aromatic heterocycles. The van der Waals surface area contributed by atoms with Crippen LogP contribution in [0.1, 0.15) is 38.3 Å². The number of benzene rings is 2. The van der Waals surface area contributed by atoms with E-state index in [0.29, 0.717) is 37.2 Å². The molecule has 162 valence electrons. The summed E-state index contributed by atoms with van der Waals surface area (Å²) in [7, 11) is -3.71. The third kappa shape index (κ3) is 5.38. The van der Waals surface area contributed by atoms with Crippen LogP contribution in [0.15, 0.2) is 48.5 Å². The van der Waals surface area contributed by atoms with Crippen LogP contribution in [0.5, 0.6) is 0 Å². The summed E-state index contributed by atoms with van der Waals surface area (Å²) in [5.41, 5.74) is 8.51. The molecule has 1 aliphatic heterocycles. The van der Waals surface area contributed by atoms with E-state index in [1.54, 1.807) is 39.0 Å². The second kappa shape index (κ2) is 8.75. The van der Waals surface area contributed by atoms with Crippen molar-refractivity contribution in [3.8, 4) is 0 Å². The first-order chi connectivity index (χ1) is 14.1. The van der Waals surface area contributed by atoms with Gasteiger partial charge in [0.2, 0.25) is 5.91 Å². The van der Waals surface area contributed by atoms with Crippen molar-refractivity contribution in [3.63, 3.8) is 0 Å². The zero-order valence-electron chi connectivity index (χ0n) is 17.7. The molecule has 4 N–H and O–H groups in total. The van der Waals surface area contributed by atoms with Gasteiger partial charge in [-0.3, -0.25) is 9.10 Å². The quantitative estimate of drug-likeness (QED) is 0.655. The molecule has 0 aliphatic carbocycles. The highest BCUT2D eigenvalue weighted by Gasteiger charge is 2.31. The number of nitrogens with one attached hydrogen (secondary N) is 2. The van der Waals surface area contributed by atoms with Gasteiger partial charge >= 0.3 is 10.2 Å². The number of carbonyl (C=O) groups excluding carboxylic acids is 1. The highest BCUT2D eigenvalue weighted by Crippen LogP contribution is 2.34. The molecule has 1 aliphatic rings. The van der Waals surface area contributed by atoms with Gasteiger partial charge in [-0.05, 0) is 57.7 Å². The summed E-state index contributed by atoms with van der Waals surface area (Å²) in [6, 6.07) is 14.2. The van der Waals surface area contributed by atoms with Crippen molar-refractivity contribution in [2.24, 2.45) is 5.73 Å². The normalized spacial score (nSPS) is 15.4. The van der Waals surface area contributed by atoms with Gasteiger partial charge in [0.1, 0.15) is 0 Å². The second-order valence-corrected chi connectivity index (χ2v) is 10.2. The number of carbonyl (C=O) groups is 1. The zero-order chi connectivity index (χ0) is 21.9. The van der Waals surface area contributed by atoms with E-state index in [1.807, 2.05) is 30.3 Å². The molecule has 8 heteroatoms. The molecule has 1 atom stereocenters. The number of nitrogens with zero attached hydrogens (tertiary/aromatic N) is 1. The van der Waals surface area contributed by atoms with E-state index in [4.69, 9.17) is 5.73 Å². The van der Waals surface area contributed by atoms with Crippen LogP contribution in [0.2, 0.25) is 0 Å². The number of nitrogens with two attached hydrogens (primary N) is 1. The maximum atomic E-state index is 12.9. The lowest BCUT2D eigenvalue weighted by Gasteiger charge is -2.34. The van der Waals surface area contributed by atoms with Crippen LogP contribution in [0, 0.1) is 0 Å². The van der Waals surface area contributed by atoms with E-state index in [1.165, 1.54) is 4.31 Å². The Labute approximate surface area is 178 Å². The molecule has 2 aromatic rings. The molecule has 30 heavy (non-hydrogen) atoms. The molecule has 3 rings (SSSR count). The fourth-order valence-corrected chi connectivity index (χ4v) is 5.27. The maximum Gasteiger partial charge on any atom is 0.302 e. The van der Waals surface area contributed by atoms with Crippen LogP contribution >= 0.6 is 0 Å². The Balaban J connectivity index is 1.81. The molecule has 0 radical (unpaired) electrons. The van der Waals surface area contributed by atoms with Crippen LogP contribution in [0.3, 0.4) is 0 Å². The summed E-state index contributed by atoms with van der Waals surface area (Å²) in [5, 5.41) is 2.90. The summed E-state index contributed by atoms with van der Waals surface area (Å²) >= 11 is 0. The number of rotatable bonds is 6. The Morgan fingerprint density at radius 1 is 1.13 bits per heavy atom. The van der Waals surface area contributed by atoms with E-state index in [-0.39, 0.29) is 5.91 Å². The van der Waals surface area contributed by atoms with Crippen LogP contribution < -0.4 is 20.1 Å². The fourth-order valence-electron chi connectivity index (χ4n) is 3.59. The van der Waals surface area contributed by atoms with Gasteiger partial charge in [0.05, 0.1) is 11.7 Å². The summed E-state index contributed by atoms with van der Waals surface area (Å²) < 4.78 is 29.9. The average molecular weight is 431 g/mol. The van der Waals surface area contributed by atoms with E-state index in [9.17, 15) is 13.2 Å². The van der Waals surface area contributed by atoms with Crippen molar-refractivity contribution in [3.05, 3.63) is 59.7 Å². The third-order valence-corrected chi connectivity index (χ3v) is 6.66. The van der Waals surface area contributed by atoms with E-state index in [0.717, 1.165) is 11.1 Å². The van der Waals surface area contributed by atoms with Gasteiger partial charge in [-0.25, -0.2) is 0 Å². The lowest BCUT2D eigenvalue weighted by Crippen LogP contribution is -2.50. The SMILES string of the molecule is CC(C)(C)NS(=O)(=O)N1CCCc2c(NC(=O)C(N)Cc3ccccc3)cccc21. The largest absolute Gasteiger partial charge is 0.324 e. The van der Waals surface area contributed by atoms with Crippen LogP contribution in [0.4, 0.5) is 11.4 Å². The summed E-state index contributed by atoms with van der Waals surface area (Å²) in [6.07, 6.45) is 1.78. The maximum absolute atomic E-state index is 12.9. The van der Waals surface area contributed by atoms with Crippen molar-refractivity contribution in [1.29, 1.82) is 0 Å². The highest BCUT2D eigenvalue weighted by molar-refractivity contribution is 7.90. The van der Waals surface area contributed by atoms with E-state index in [2.05, 4.69) is 10.0 Å². The highest BCUT2D eigenvalue weighted by atomic mass is 32.2. The Hall–Kier alpha value is -2.42. The fraction of sp³-hybridized carbons (Fsp3) is 0.409. The minimum absolute atomic E-state index is 0.292. The first kappa shape index (κ1) is 22.3. The Kier molecular flexibility index (Phi) is 6.50. The van der Waals surface area contributed by atoms with Crippen LogP contribution in [-0.4, -0.2) is 32.5 Å². The number of hydrogen-bond acceptors (Lipinski definition) is 4. The lowest BCUT2D eigenvalue weighted by atomic mass is 10.0. The molecule has 7 nitrogen and oxygen atoms in total. The predicted octanol–water partition coefficient (Wildman–Crippen LogP) is 2.58. The molecular weight excluding hydrogens is 400 g/mol. The van der Waals surface area contributed by atoms with Gasteiger partial charge in [-0.2, -0.15) is 13.1 Å². The summed E-state index contributed by atoms with van der Waals surface area (Å²) in [6.45, 7) is 5.81. The molecule has 0 fully saturated rings. The zero-order valence-corrected chi connectivity index (χ0v) is 18.5. The first-order valence-corrected chi connectivity index (χ1v) is 11.5. The third-order valence-electron chi connectivity index (χ3n) is 4.83. The van der Waals surface area contributed by atoms with Gasteiger partial charge in [0.15, 0.2) is 0 Å². The molecule has 1 heterocycles. The molecule has 1 unspecified atom stereocenters. The second-order valence-electron chi connectivity index (χ2n) is 8.62. The smallest absolute Gasteiger partial charge is 0.302 e. The van der Waals surface area contributed by atoms with Crippen LogP contribution in [0.25, 0.3) is 0 Å². The monoisotopic (exact) mass is 430 g/mol. The summed E-state index contributed by atoms with van der Waals surface area (Å²) in [4.78, 5) is 12.7. The average Bonchev–Trinajstić information content (AvgIpc) is 2.66. The van der Waals surface area contributed by atoms with Crippen molar-refractivity contribution < 1.29 is 13.2 Å². The van der Waals surface area contributed by atoms with Crippen molar-refractivity contribution in [2.45, 2.75) is 51.6 Å². The van der Waals surface area contributed by atoms with Crippen molar-refractivity contribution >= 4 is 27.5 Å². The number of hydrogen-bond donors (Lipinski definition) is 3. The Morgan fingerprint density at radius 2 is 1.83 bits per heavy atom. The van der Waals surface area contributed by atoms with Gasteiger partial charge in [-0.15, -0.1) is 0 Å².